The molecule has 0 saturated heterocycles. The molecule has 15 heavy (non-hydrogen) atoms. The molecule has 0 aromatic carbocycles. The Morgan fingerprint density at radius 1 is 1.40 bits per heavy atom. The van der Waals surface area contributed by atoms with Gasteiger partial charge in [-0.1, -0.05) is 6.42 Å². The summed E-state index contributed by atoms with van der Waals surface area (Å²) in [4.78, 5) is 6.94. The molecule has 82 valence electrons. The summed E-state index contributed by atoms with van der Waals surface area (Å²) in [6.45, 7) is 0. The van der Waals surface area contributed by atoms with E-state index in [-0.39, 0.29) is 0 Å². The van der Waals surface area contributed by atoms with Crippen molar-refractivity contribution in [2.45, 2.75) is 36.3 Å². The maximum atomic E-state index is 10.1. The molecule has 2 rings (SSSR count). The van der Waals surface area contributed by atoms with Crippen molar-refractivity contribution >= 4 is 11.6 Å². The lowest BCUT2D eigenvalue weighted by Crippen LogP contribution is -2.57. The van der Waals surface area contributed by atoms with Crippen LogP contribution in [0.2, 0.25) is 0 Å². The minimum Gasteiger partial charge on any atom is -0.374 e. The molecule has 1 saturated carbocycles. The van der Waals surface area contributed by atoms with Crippen LogP contribution in [-0.2, 0) is 4.87 Å². The van der Waals surface area contributed by atoms with Crippen molar-refractivity contribution in [2.75, 3.05) is 0 Å². The molecule has 2 unspecified atom stereocenters. The molecular formula is C10H14ClN3O. The van der Waals surface area contributed by atoms with Gasteiger partial charge in [0.05, 0.1) is 5.69 Å². The SMILES string of the molecule is NC1(O)CCCCC1(Cl)c1ccncn1. The van der Waals surface area contributed by atoms with Gasteiger partial charge in [-0.25, -0.2) is 9.97 Å². The third-order valence-electron chi connectivity index (χ3n) is 3.00. The summed E-state index contributed by atoms with van der Waals surface area (Å²) in [6.07, 6.45) is 6.01. The van der Waals surface area contributed by atoms with Gasteiger partial charge in [0.25, 0.3) is 0 Å². The van der Waals surface area contributed by atoms with E-state index in [1.54, 1.807) is 12.3 Å². The number of halogens is 1. The van der Waals surface area contributed by atoms with Crippen LogP contribution in [0.4, 0.5) is 0 Å². The van der Waals surface area contributed by atoms with Gasteiger partial charge in [0.15, 0.2) is 0 Å². The molecule has 5 heteroatoms. The van der Waals surface area contributed by atoms with Crippen molar-refractivity contribution in [3.05, 3.63) is 24.3 Å². The number of rotatable bonds is 1. The van der Waals surface area contributed by atoms with Crippen LogP contribution < -0.4 is 5.73 Å². The van der Waals surface area contributed by atoms with E-state index in [0.717, 1.165) is 12.8 Å². The smallest absolute Gasteiger partial charge is 0.138 e. The summed E-state index contributed by atoms with van der Waals surface area (Å²) < 4.78 is 0. The van der Waals surface area contributed by atoms with E-state index in [1.165, 1.54) is 6.33 Å². The van der Waals surface area contributed by atoms with E-state index in [9.17, 15) is 5.11 Å². The Balaban J connectivity index is 2.40. The van der Waals surface area contributed by atoms with Gasteiger partial charge >= 0.3 is 0 Å². The highest BCUT2D eigenvalue weighted by Gasteiger charge is 2.50. The number of aromatic nitrogens is 2. The topological polar surface area (TPSA) is 72.0 Å². The van der Waals surface area contributed by atoms with Crippen LogP contribution in [0.25, 0.3) is 0 Å². The number of nitrogens with two attached hydrogens (primary N) is 1. The molecule has 1 aromatic rings. The lowest BCUT2D eigenvalue weighted by Gasteiger charge is -2.43. The van der Waals surface area contributed by atoms with Crippen molar-refractivity contribution < 1.29 is 5.11 Å². The molecule has 0 amide bonds. The normalized spacial score (nSPS) is 36.5. The Kier molecular flexibility index (Phi) is 2.66. The first kappa shape index (κ1) is 10.8. The molecule has 1 aliphatic carbocycles. The van der Waals surface area contributed by atoms with Crippen LogP contribution in [0.15, 0.2) is 18.6 Å². The highest BCUT2D eigenvalue weighted by atomic mass is 35.5. The molecule has 0 aliphatic heterocycles. The third-order valence-corrected chi connectivity index (χ3v) is 3.71. The Morgan fingerprint density at radius 2 is 2.13 bits per heavy atom. The zero-order valence-electron chi connectivity index (χ0n) is 8.36. The number of hydrogen-bond acceptors (Lipinski definition) is 4. The van der Waals surface area contributed by atoms with Crippen molar-refractivity contribution in [1.29, 1.82) is 0 Å². The van der Waals surface area contributed by atoms with Crippen LogP contribution >= 0.6 is 11.6 Å². The molecule has 4 nitrogen and oxygen atoms in total. The maximum absolute atomic E-state index is 10.1. The lowest BCUT2D eigenvalue weighted by molar-refractivity contribution is -0.0313. The van der Waals surface area contributed by atoms with E-state index in [4.69, 9.17) is 17.3 Å². The minimum absolute atomic E-state index is 0.500. The predicted octanol–water partition coefficient (Wildman–Crippen LogP) is 1.13. The zero-order chi connectivity index (χ0) is 10.9. The Hall–Kier alpha value is -0.710. The molecule has 0 radical (unpaired) electrons. The molecule has 2 atom stereocenters. The summed E-state index contributed by atoms with van der Waals surface area (Å²) >= 11 is 6.43. The molecule has 0 spiro atoms. The number of alkyl halides is 1. The van der Waals surface area contributed by atoms with Crippen molar-refractivity contribution in [2.24, 2.45) is 5.73 Å². The molecule has 0 bridgehead atoms. The van der Waals surface area contributed by atoms with E-state index in [1.807, 2.05) is 0 Å². The fraction of sp³-hybridized carbons (Fsp3) is 0.600. The van der Waals surface area contributed by atoms with Crippen LogP contribution in [0.3, 0.4) is 0 Å². The van der Waals surface area contributed by atoms with E-state index >= 15 is 0 Å². The first-order chi connectivity index (χ1) is 7.06. The van der Waals surface area contributed by atoms with Gasteiger partial charge in [0, 0.05) is 6.20 Å². The van der Waals surface area contributed by atoms with Gasteiger partial charge in [0.2, 0.25) is 0 Å². The van der Waals surface area contributed by atoms with Crippen LogP contribution in [-0.4, -0.2) is 20.8 Å². The highest BCUT2D eigenvalue weighted by Crippen LogP contribution is 2.46. The summed E-state index contributed by atoms with van der Waals surface area (Å²) in [6, 6.07) is 1.70. The first-order valence-electron chi connectivity index (χ1n) is 5.03. The van der Waals surface area contributed by atoms with Gasteiger partial charge < -0.3 is 10.8 Å². The van der Waals surface area contributed by atoms with Crippen LogP contribution in [0, 0.1) is 0 Å². The molecule has 1 fully saturated rings. The number of aliphatic hydroxyl groups is 1. The Morgan fingerprint density at radius 3 is 2.73 bits per heavy atom. The minimum atomic E-state index is -1.39. The van der Waals surface area contributed by atoms with Crippen molar-refractivity contribution in [1.82, 2.24) is 9.97 Å². The monoisotopic (exact) mass is 227 g/mol. The summed E-state index contributed by atoms with van der Waals surface area (Å²) in [5.74, 6) is 0. The van der Waals surface area contributed by atoms with Crippen LogP contribution in [0.5, 0.6) is 0 Å². The molecule has 1 aliphatic rings. The van der Waals surface area contributed by atoms with Gasteiger partial charge in [-0.2, -0.15) is 0 Å². The molecule has 1 heterocycles. The molecule has 1 aromatic heterocycles. The van der Waals surface area contributed by atoms with Crippen molar-refractivity contribution in [3.63, 3.8) is 0 Å². The summed E-state index contributed by atoms with van der Waals surface area (Å²) in [5, 5.41) is 10.1. The highest BCUT2D eigenvalue weighted by molar-refractivity contribution is 6.24. The maximum Gasteiger partial charge on any atom is 0.138 e. The molecular weight excluding hydrogens is 214 g/mol. The summed E-state index contributed by atoms with van der Waals surface area (Å²) in [7, 11) is 0. The lowest BCUT2D eigenvalue weighted by atomic mass is 9.79. The quantitative estimate of drug-likeness (QED) is 0.557. The van der Waals surface area contributed by atoms with Gasteiger partial charge in [-0.05, 0) is 25.3 Å². The fourth-order valence-electron chi connectivity index (χ4n) is 2.05. The zero-order valence-corrected chi connectivity index (χ0v) is 9.11. The number of nitrogens with zero attached hydrogens (tertiary/aromatic N) is 2. The number of hydrogen-bond donors (Lipinski definition) is 2. The van der Waals surface area contributed by atoms with Gasteiger partial charge in [0.1, 0.15) is 16.9 Å². The fourth-order valence-corrected chi connectivity index (χ4v) is 2.39. The van der Waals surface area contributed by atoms with E-state index < -0.39 is 10.6 Å². The average molecular weight is 228 g/mol. The first-order valence-corrected chi connectivity index (χ1v) is 5.41. The predicted molar refractivity (Wildman–Crippen MR) is 57.2 cm³/mol. The van der Waals surface area contributed by atoms with Gasteiger partial charge in [-0.3, -0.25) is 0 Å². The largest absolute Gasteiger partial charge is 0.374 e. The average Bonchev–Trinajstić information content (AvgIpc) is 2.24. The van der Waals surface area contributed by atoms with E-state index in [0.29, 0.717) is 18.5 Å². The second-order valence-corrected chi connectivity index (χ2v) is 4.67. The van der Waals surface area contributed by atoms with Crippen LogP contribution in [0.1, 0.15) is 31.4 Å². The second-order valence-electron chi connectivity index (χ2n) is 4.03. The standard InChI is InChI=1S/C10H14ClN3O/c11-9(8-3-6-13-7-14-8)4-1-2-5-10(9,12)15/h3,6-7,15H,1-2,4-5,12H2. The second kappa shape index (κ2) is 3.70. The third kappa shape index (κ3) is 1.73. The summed E-state index contributed by atoms with van der Waals surface area (Å²) in [5.41, 5.74) is 5.06. The Labute approximate surface area is 93.5 Å². The van der Waals surface area contributed by atoms with E-state index in [2.05, 4.69) is 9.97 Å². The van der Waals surface area contributed by atoms with Crippen molar-refractivity contribution in [3.8, 4) is 0 Å². The molecule has 3 N–H and O–H groups in total. The van der Waals surface area contributed by atoms with Gasteiger partial charge in [-0.15, -0.1) is 11.6 Å². The Bertz CT molecular complexity index is 344.